The number of hydrogen-bond donors (Lipinski definition) is 1. The van der Waals surface area contributed by atoms with E-state index in [9.17, 15) is 9.59 Å². The SMILES string of the molecule is Cc1ccccc1N1CCN(C(=O)CNC(=O)c2cccc(Cl)c2)CC1. The molecule has 6 heteroatoms. The number of para-hydroxylation sites is 1. The second-order valence-corrected chi connectivity index (χ2v) is 6.78. The van der Waals surface area contributed by atoms with E-state index in [1.54, 1.807) is 29.2 Å². The molecule has 0 aromatic heterocycles. The number of rotatable bonds is 4. The Balaban J connectivity index is 1.49. The summed E-state index contributed by atoms with van der Waals surface area (Å²) in [5.74, 6) is -0.357. The van der Waals surface area contributed by atoms with Gasteiger partial charge in [0.1, 0.15) is 0 Å². The van der Waals surface area contributed by atoms with Crippen LogP contribution >= 0.6 is 11.6 Å². The number of nitrogens with one attached hydrogen (secondary N) is 1. The van der Waals surface area contributed by atoms with Crippen molar-refractivity contribution in [1.29, 1.82) is 0 Å². The van der Waals surface area contributed by atoms with E-state index >= 15 is 0 Å². The van der Waals surface area contributed by atoms with E-state index in [0.717, 1.165) is 13.1 Å². The lowest BCUT2D eigenvalue weighted by Crippen LogP contribution is -2.51. The van der Waals surface area contributed by atoms with Crippen LogP contribution in [0.5, 0.6) is 0 Å². The number of carbonyl (C=O) groups is 2. The van der Waals surface area contributed by atoms with Gasteiger partial charge >= 0.3 is 0 Å². The Hall–Kier alpha value is -2.53. The molecule has 1 saturated heterocycles. The first kappa shape index (κ1) is 18.3. The Morgan fingerprint density at radius 2 is 1.77 bits per heavy atom. The minimum atomic E-state index is -0.292. The third kappa shape index (κ3) is 4.35. The maximum absolute atomic E-state index is 12.4. The van der Waals surface area contributed by atoms with Gasteiger partial charge in [0.2, 0.25) is 5.91 Å². The number of nitrogens with zero attached hydrogens (tertiary/aromatic N) is 2. The molecule has 136 valence electrons. The summed E-state index contributed by atoms with van der Waals surface area (Å²) in [7, 11) is 0. The van der Waals surface area contributed by atoms with Crippen molar-refractivity contribution < 1.29 is 9.59 Å². The van der Waals surface area contributed by atoms with Crippen molar-refractivity contribution in [3.63, 3.8) is 0 Å². The van der Waals surface area contributed by atoms with Crippen LogP contribution < -0.4 is 10.2 Å². The molecule has 2 aromatic rings. The molecule has 0 radical (unpaired) electrons. The lowest BCUT2D eigenvalue weighted by molar-refractivity contribution is -0.130. The van der Waals surface area contributed by atoms with Crippen LogP contribution in [0.1, 0.15) is 15.9 Å². The van der Waals surface area contributed by atoms with Crippen LogP contribution in [0.2, 0.25) is 5.02 Å². The molecule has 0 saturated carbocycles. The van der Waals surface area contributed by atoms with E-state index < -0.39 is 0 Å². The molecule has 0 aliphatic carbocycles. The lowest BCUT2D eigenvalue weighted by atomic mass is 10.1. The van der Waals surface area contributed by atoms with Crippen LogP contribution in [0.15, 0.2) is 48.5 Å². The fraction of sp³-hybridized carbons (Fsp3) is 0.300. The van der Waals surface area contributed by atoms with Gasteiger partial charge in [-0.3, -0.25) is 9.59 Å². The number of anilines is 1. The van der Waals surface area contributed by atoms with Gasteiger partial charge in [0.15, 0.2) is 0 Å². The van der Waals surface area contributed by atoms with Gasteiger partial charge in [0.05, 0.1) is 6.54 Å². The highest BCUT2D eigenvalue weighted by molar-refractivity contribution is 6.30. The summed E-state index contributed by atoms with van der Waals surface area (Å²) >= 11 is 5.89. The molecule has 0 bridgehead atoms. The van der Waals surface area contributed by atoms with Gasteiger partial charge in [0, 0.05) is 42.5 Å². The fourth-order valence-electron chi connectivity index (χ4n) is 3.11. The fourth-order valence-corrected chi connectivity index (χ4v) is 3.30. The Morgan fingerprint density at radius 1 is 1.04 bits per heavy atom. The second kappa shape index (κ2) is 8.23. The van der Waals surface area contributed by atoms with Gasteiger partial charge in [0.25, 0.3) is 5.91 Å². The highest BCUT2D eigenvalue weighted by Crippen LogP contribution is 2.20. The third-order valence-corrected chi connectivity index (χ3v) is 4.81. The number of amides is 2. The zero-order chi connectivity index (χ0) is 18.5. The molecule has 1 N–H and O–H groups in total. The predicted molar refractivity (Wildman–Crippen MR) is 104 cm³/mol. The highest BCUT2D eigenvalue weighted by atomic mass is 35.5. The Kier molecular flexibility index (Phi) is 5.78. The Morgan fingerprint density at radius 3 is 2.46 bits per heavy atom. The summed E-state index contributed by atoms with van der Waals surface area (Å²) in [6.07, 6.45) is 0. The minimum Gasteiger partial charge on any atom is -0.368 e. The van der Waals surface area contributed by atoms with Crippen LogP contribution in [0.3, 0.4) is 0 Å². The van der Waals surface area contributed by atoms with Crippen molar-refractivity contribution in [3.05, 3.63) is 64.7 Å². The molecule has 5 nitrogen and oxygen atoms in total. The Labute approximate surface area is 158 Å². The first-order chi connectivity index (χ1) is 12.5. The number of aryl methyl sites for hydroxylation is 1. The molecular formula is C20H22ClN3O2. The number of hydrogen-bond acceptors (Lipinski definition) is 3. The number of benzene rings is 2. The zero-order valence-corrected chi connectivity index (χ0v) is 15.5. The maximum Gasteiger partial charge on any atom is 0.251 e. The molecular weight excluding hydrogens is 350 g/mol. The molecule has 1 heterocycles. The van der Waals surface area contributed by atoms with Gasteiger partial charge < -0.3 is 15.1 Å². The molecule has 0 atom stereocenters. The molecule has 2 amide bonds. The molecule has 1 aliphatic heterocycles. The topological polar surface area (TPSA) is 52.6 Å². The summed E-state index contributed by atoms with van der Waals surface area (Å²) in [6.45, 7) is 4.98. The van der Waals surface area contributed by atoms with Gasteiger partial charge in [-0.05, 0) is 36.8 Å². The van der Waals surface area contributed by atoms with E-state index in [1.165, 1.54) is 11.3 Å². The van der Waals surface area contributed by atoms with Gasteiger partial charge in [-0.1, -0.05) is 35.9 Å². The standard InChI is InChI=1S/C20H22ClN3O2/c1-15-5-2-3-8-18(15)23-9-11-24(12-10-23)19(25)14-22-20(26)16-6-4-7-17(21)13-16/h2-8,13H,9-12,14H2,1H3,(H,22,26). The quantitative estimate of drug-likeness (QED) is 0.899. The summed E-state index contributed by atoms with van der Waals surface area (Å²) in [6, 6.07) is 14.9. The number of carbonyl (C=O) groups excluding carboxylic acids is 2. The second-order valence-electron chi connectivity index (χ2n) is 6.35. The number of piperazine rings is 1. The molecule has 1 fully saturated rings. The van der Waals surface area contributed by atoms with Crippen molar-refractivity contribution in [2.45, 2.75) is 6.92 Å². The van der Waals surface area contributed by atoms with E-state index in [4.69, 9.17) is 11.6 Å². The van der Waals surface area contributed by atoms with Crippen molar-refractivity contribution in [3.8, 4) is 0 Å². The molecule has 0 unspecified atom stereocenters. The molecule has 0 spiro atoms. The molecule has 3 rings (SSSR count). The average Bonchev–Trinajstić information content (AvgIpc) is 2.66. The first-order valence-corrected chi connectivity index (χ1v) is 9.04. The molecule has 2 aromatic carbocycles. The molecule has 26 heavy (non-hydrogen) atoms. The van der Waals surface area contributed by atoms with Crippen LogP contribution in [-0.2, 0) is 4.79 Å². The highest BCUT2D eigenvalue weighted by Gasteiger charge is 2.22. The lowest BCUT2D eigenvalue weighted by Gasteiger charge is -2.36. The smallest absolute Gasteiger partial charge is 0.251 e. The van der Waals surface area contributed by atoms with E-state index in [1.807, 2.05) is 12.1 Å². The number of halogens is 1. The van der Waals surface area contributed by atoms with Crippen molar-refractivity contribution in [1.82, 2.24) is 10.2 Å². The van der Waals surface area contributed by atoms with Gasteiger partial charge in [-0.2, -0.15) is 0 Å². The van der Waals surface area contributed by atoms with Crippen molar-refractivity contribution in [2.24, 2.45) is 0 Å². The van der Waals surface area contributed by atoms with E-state index in [-0.39, 0.29) is 18.4 Å². The summed E-state index contributed by atoms with van der Waals surface area (Å²) < 4.78 is 0. The van der Waals surface area contributed by atoms with E-state index in [2.05, 4.69) is 29.3 Å². The first-order valence-electron chi connectivity index (χ1n) is 8.67. The van der Waals surface area contributed by atoms with E-state index in [0.29, 0.717) is 23.7 Å². The Bertz CT molecular complexity index is 801. The third-order valence-electron chi connectivity index (χ3n) is 4.58. The van der Waals surface area contributed by atoms with Crippen LogP contribution in [0.4, 0.5) is 5.69 Å². The predicted octanol–water partition coefficient (Wildman–Crippen LogP) is 2.73. The maximum atomic E-state index is 12.4. The molecule has 1 aliphatic rings. The summed E-state index contributed by atoms with van der Waals surface area (Å²) in [5.41, 5.74) is 2.91. The summed E-state index contributed by atoms with van der Waals surface area (Å²) in [5, 5.41) is 3.17. The van der Waals surface area contributed by atoms with Gasteiger partial charge in [-0.15, -0.1) is 0 Å². The van der Waals surface area contributed by atoms with Crippen LogP contribution in [0, 0.1) is 6.92 Å². The van der Waals surface area contributed by atoms with Crippen molar-refractivity contribution in [2.75, 3.05) is 37.6 Å². The zero-order valence-electron chi connectivity index (χ0n) is 14.7. The van der Waals surface area contributed by atoms with Gasteiger partial charge in [-0.25, -0.2) is 0 Å². The average molecular weight is 372 g/mol. The summed E-state index contributed by atoms with van der Waals surface area (Å²) in [4.78, 5) is 28.6. The van der Waals surface area contributed by atoms with Crippen molar-refractivity contribution >= 4 is 29.1 Å². The van der Waals surface area contributed by atoms with Crippen LogP contribution in [-0.4, -0.2) is 49.4 Å². The minimum absolute atomic E-state index is 0.00425. The monoisotopic (exact) mass is 371 g/mol. The van der Waals surface area contributed by atoms with Crippen LogP contribution in [0.25, 0.3) is 0 Å². The largest absolute Gasteiger partial charge is 0.368 e. The normalized spacial score (nSPS) is 14.2.